The number of carboxylic acid groups (broad SMARTS) is 2. The highest BCUT2D eigenvalue weighted by atomic mass is 16.4. The van der Waals surface area contributed by atoms with Crippen molar-refractivity contribution in [1.29, 1.82) is 0 Å². The zero-order chi connectivity index (χ0) is 64.5. The van der Waals surface area contributed by atoms with Crippen LogP contribution in [0.5, 0.6) is 0 Å². The average Bonchev–Trinajstić information content (AvgIpc) is 2.46. The summed E-state index contributed by atoms with van der Waals surface area (Å²) in [5.41, 5.74) is 6.37. The Balaban J connectivity index is 1.80. The lowest BCUT2D eigenvalue weighted by Crippen LogP contribution is -2.55. The molecule has 20 N–H and O–H groups in total. The van der Waals surface area contributed by atoms with E-state index in [9.17, 15) is 115 Å². The Morgan fingerprint density at radius 1 is 0.651 bits per heavy atom. The number of nitrogens with zero attached hydrogens (tertiary/aromatic N) is 3. The van der Waals surface area contributed by atoms with E-state index in [4.69, 9.17) is 5.73 Å². The van der Waals surface area contributed by atoms with Crippen LogP contribution in [0.3, 0.4) is 0 Å². The fourth-order valence-corrected chi connectivity index (χ4v) is 9.06. The van der Waals surface area contributed by atoms with Crippen LogP contribution in [0.1, 0.15) is 106 Å². The number of Topliss-reactive ketones (excluding diaryl/α,β-unsaturated/α-hetero) is 3. The van der Waals surface area contributed by atoms with Crippen molar-refractivity contribution < 1.29 is 110 Å². The molecule has 0 unspecified atom stereocenters. The minimum Gasteiger partial charge on any atom is -0.481 e. The minimum absolute atomic E-state index is 0.00637. The number of amides is 3. The summed E-state index contributed by atoms with van der Waals surface area (Å²) in [6.07, 6.45) is -23.4. The predicted molar refractivity (Wildman–Crippen MR) is 297 cm³/mol. The van der Waals surface area contributed by atoms with Gasteiger partial charge in [-0.25, -0.2) is 9.97 Å². The zero-order valence-corrected chi connectivity index (χ0v) is 47.2. The number of hydrogen-bond donors (Lipinski definition) is 19. The molecule has 86 heavy (non-hydrogen) atoms. The molecular weight excluding hydrogens is 1140 g/mol. The number of H-pyrrole nitrogens is 1. The Hall–Kier alpha value is -7.32. The molecule has 0 aliphatic rings. The summed E-state index contributed by atoms with van der Waals surface area (Å²) in [5.74, 6) is -7.94. The first-order valence-corrected chi connectivity index (χ1v) is 27.4. The highest BCUT2D eigenvalue weighted by Crippen LogP contribution is 2.25. The SMILES string of the molecule is CC#CCC[C@H](CC(=O)C[C@@H](CC(=O)[C@H](CCC(=O)O)NC(=O)C[C@@H](NC(=O)CC[C@H](CC(=O)c1ccc(CCc2cnc3nc(N)[nH]c(=O)c3n2)cc1)C(=O)O)[C@@H](O)[C@H](O)[C@H](O)CO)[C@@H](O)[C@H](O)[C@H](O)CO)C(=O)N[C@H](C)[C@@H](O)[C@H](O)[C@H](O)CO. The van der Waals surface area contributed by atoms with Crippen LogP contribution in [0.4, 0.5) is 5.95 Å². The van der Waals surface area contributed by atoms with Crippen LogP contribution < -0.4 is 27.2 Å². The molecular formula is C55H78N8O23. The number of aromatic amines is 1. The van der Waals surface area contributed by atoms with Gasteiger partial charge in [-0.2, -0.15) is 4.98 Å². The number of nitrogens with one attached hydrogen (secondary N) is 4. The summed E-state index contributed by atoms with van der Waals surface area (Å²) in [5, 5.41) is 149. The number of aromatic nitrogens is 4. The second-order valence-electron chi connectivity index (χ2n) is 20.8. The van der Waals surface area contributed by atoms with Crippen molar-refractivity contribution in [1.82, 2.24) is 35.9 Å². The number of aliphatic hydroxyl groups excluding tert-OH is 12. The van der Waals surface area contributed by atoms with Gasteiger partial charge < -0.3 is 93.2 Å². The Kier molecular flexibility index (Phi) is 30.5. The molecule has 31 heteroatoms. The molecule has 0 radical (unpaired) electrons. The molecule has 0 aliphatic heterocycles. The quantitative estimate of drug-likeness (QED) is 0.0186. The molecule has 1 aromatic carbocycles. The number of carbonyl (C=O) groups excluding carboxylic acids is 6. The molecule has 2 heterocycles. The lowest BCUT2D eigenvalue weighted by molar-refractivity contribution is -0.142. The number of rotatable bonds is 40. The fourth-order valence-electron chi connectivity index (χ4n) is 9.06. The first-order chi connectivity index (χ1) is 40.5. The van der Waals surface area contributed by atoms with Crippen molar-refractivity contribution in [3.8, 4) is 11.8 Å². The van der Waals surface area contributed by atoms with Gasteiger partial charge in [0.15, 0.2) is 22.7 Å². The van der Waals surface area contributed by atoms with Crippen LogP contribution in [0.15, 0.2) is 35.3 Å². The number of ketones is 3. The number of aliphatic hydroxyl groups is 12. The number of hydrogen-bond acceptors (Lipinski definition) is 25. The van der Waals surface area contributed by atoms with E-state index < -0.39 is 221 Å². The molecule has 476 valence electrons. The number of anilines is 1. The fraction of sp³-hybridized carbons (Fsp3) is 0.600. The minimum atomic E-state index is -2.29. The third-order valence-corrected chi connectivity index (χ3v) is 14.2. The Labute approximate surface area is 491 Å². The normalized spacial score (nSPS) is 16.8. The molecule has 0 bridgehead atoms. The van der Waals surface area contributed by atoms with Crippen LogP contribution in [-0.4, -0.2) is 231 Å². The van der Waals surface area contributed by atoms with Crippen LogP contribution in [0.2, 0.25) is 0 Å². The number of aliphatic carboxylic acids is 2. The summed E-state index contributed by atoms with van der Waals surface area (Å²) in [7, 11) is 0. The topological polar surface area (TPSA) is 553 Å². The molecule has 0 aliphatic carbocycles. The van der Waals surface area contributed by atoms with Gasteiger partial charge in [0.05, 0.1) is 61.9 Å². The van der Waals surface area contributed by atoms with Crippen molar-refractivity contribution in [3.63, 3.8) is 0 Å². The average molecular weight is 1220 g/mol. The first-order valence-electron chi connectivity index (χ1n) is 27.4. The van der Waals surface area contributed by atoms with Crippen molar-refractivity contribution in [2.45, 2.75) is 170 Å². The molecule has 0 saturated heterocycles. The van der Waals surface area contributed by atoms with Crippen LogP contribution in [-0.2, 0) is 46.4 Å². The highest BCUT2D eigenvalue weighted by molar-refractivity contribution is 5.98. The Morgan fingerprint density at radius 2 is 1.26 bits per heavy atom. The number of benzene rings is 1. The number of carboxylic acids is 2. The van der Waals surface area contributed by atoms with Gasteiger partial charge in [0, 0.05) is 68.8 Å². The molecule has 0 spiro atoms. The second kappa shape index (κ2) is 36.0. The number of fused-ring (bicyclic) bond motifs is 1. The molecule has 0 fully saturated rings. The number of carbonyl (C=O) groups is 8. The summed E-state index contributed by atoms with van der Waals surface area (Å²) in [6.45, 7) is -0.450. The third-order valence-electron chi connectivity index (χ3n) is 14.2. The Morgan fingerprint density at radius 3 is 1.84 bits per heavy atom. The van der Waals surface area contributed by atoms with E-state index in [0.29, 0.717) is 18.5 Å². The van der Waals surface area contributed by atoms with Crippen LogP contribution in [0, 0.1) is 29.6 Å². The predicted octanol–water partition coefficient (Wildman–Crippen LogP) is -5.57. The van der Waals surface area contributed by atoms with Crippen LogP contribution >= 0.6 is 0 Å². The molecule has 3 rings (SSSR count). The first kappa shape index (κ1) is 72.9. The van der Waals surface area contributed by atoms with Crippen molar-refractivity contribution in [2.24, 2.45) is 17.8 Å². The van der Waals surface area contributed by atoms with E-state index in [2.05, 4.69) is 47.7 Å². The summed E-state index contributed by atoms with van der Waals surface area (Å²) < 4.78 is 0. The molecule has 2 aromatic heterocycles. The highest BCUT2D eigenvalue weighted by Gasteiger charge is 2.39. The molecule has 0 saturated carbocycles. The van der Waals surface area contributed by atoms with E-state index in [1.165, 1.54) is 32.2 Å². The standard InChI is InChI=1S/C55H78N8O23/c1-3-4-5-6-29(52(83)58-26(2)45(77)48(80)38(70)23-64)17-33(67)18-31(46(78)49(81)39(71)24-65)20-37(69)34(14-16-43(75)76)60-42(74)21-35(47(79)50(82)40(72)25-66)61-41(73)15-12-30(54(85)86)19-36(68)28-10-7-27(8-11-28)9-13-32-22-57-51-44(59-32)53(84)63-55(56)62-51/h7-8,10-11,22,26,29-31,34-35,38-40,45-50,64-66,70-72,77-82H,5-6,9,12-21,23-25H2,1-2H3,(H,58,83)(H,60,74)(H,61,73)(H,75,76)(H,85,86)(H3,56,57,62,63,84)/t26-,29-,30-,31+,34+,35-,38-,39-,40-,45-,46-,47-,48-,49-,50-/m1/s1. The smallest absolute Gasteiger partial charge is 0.306 e. The lowest BCUT2D eigenvalue weighted by Gasteiger charge is -2.31. The monoisotopic (exact) mass is 1220 g/mol. The van der Waals surface area contributed by atoms with Gasteiger partial charge in [0.1, 0.15) is 54.6 Å². The molecule has 31 nitrogen and oxygen atoms in total. The van der Waals surface area contributed by atoms with Crippen molar-refractivity contribution in [2.75, 3.05) is 25.6 Å². The molecule has 3 aromatic rings. The number of nitrogen functional groups attached to an aromatic ring is 1. The lowest BCUT2D eigenvalue weighted by atomic mass is 9.82. The maximum absolute atomic E-state index is 14.1. The third kappa shape index (κ3) is 23.2. The van der Waals surface area contributed by atoms with E-state index in [0.717, 1.165) is 5.56 Å². The summed E-state index contributed by atoms with van der Waals surface area (Å²) in [6, 6.07) is 1.14. The number of aryl methyl sites for hydroxylation is 2. The number of nitrogens with two attached hydrogens (primary N) is 1. The van der Waals surface area contributed by atoms with E-state index in [1.807, 2.05) is 0 Å². The molecule has 3 amide bonds. The van der Waals surface area contributed by atoms with Gasteiger partial charge in [-0.1, -0.05) is 24.3 Å². The van der Waals surface area contributed by atoms with Gasteiger partial charge in [0.25, 0.3) is 5.56 Å². The zero-order valence-electron chi connectivity index (χ0n) is 47.2. The van der Waals surface area contributed by atoms with Gasteiger partial charge in [-0.05, 0) is 51.5 Å². The van der Waals surface area contributed by atoms with Gasteiger partial charge in [0.2, 0.25) is 23.7 Å². The maximum Gasteiger partial charge on any atom is 0.306 e. The van der Waals surface area contributed by atoms with E-state index >= 15 is 0 Å². The van der Waals surface area contributed by atoms with Crippen molar-refractivity contribution >= 4 is 64.1 Å². The summed E-state index contributed by atoms with van der Waals surface area (Å²) >= 11 is 0. The van der Waals surface area contributed by atoms with E-state index in [1.54, 1.807) is 12.1 Å². The molecule has 15 atom stereocenters. The van der Waals surface area contributed by atoms with Gasteiger partial charge in [-0.3, -0.25) is 48.1 Å². The Bertz CT molecular complexity index is 2880. The van der Waals surface area contributed by atoms with Crippen molar-refractivity contribution in [3.05, 3.63) is 57.6 Å². The van der Waals surface area contributed by atoms with Gasteiger partial charge in [-0.15, -0.1) is 11.8 Å². The van der Waals surface area contributed by atoms with Crippen LogP contribution in [0.25, 0.3) is 11.2 Å². The second-order valence-corrected chi connectivity index (χ2v) is 20.8. The van der Waals surface area contributed by atoms with Gasteiger partial charge >= 0.3 is 11.9 Å². The largest absolute Gasteiger partial charge is 0.481 e. The summed E-state index contributed by atoms with van der Waals surface area (Å²) in [4.78, 5) is 133. The van der Waals surface area contributed by atoms with E-state index in [-0.39, 0.29) is 35.5 Å². The maximum atomic E-state index is 14.1.